The van der Waals surface area contributed by atoms with Crippen LogP contribution in [0.15, 0.2) is 0 Å². The van der Waals surface area contributed by atoms with E-state index in [-0.39, 0.29) is 5.92 Å². The highest BCUT2D eigenvalue weighted by molar-refractivity contribution is 5.78. The molecular weight excluding hydrogens is 212 g/mol. The highest BCUT2D eigenvalue weighted by Crippen LogP contribution is 2.20. The van der Waals surface area contributed by atoms with Crippen LogP contribution in [0, 0.1) is 11.8 Å². The van der Waals surface area contributed by atoms with Crippen molar-refractivity contribution in [3.8, 4) is 0 Å². The second-order valence-electron chi connectivity index (χ2n) is 5.96. The van der Waals surface area contributed by atoms with Crippen molar-refractivity contribution in [2.75, 3.05) is 26.7 Å². The van der Waals surface area contributed by atoms with E-state index in [9.17, 15) is 4.79 Å². The van der Waals surface area contributed by atoms with Gasteiger partial charge in [0, 0.05) is 31.6 Å². The Bertz CT molecular complexity index is 243. The van der Waals surface area contributed by atoms with E-state index in [0.29, 0.717) is 11.9 Å². The molecule has 0 bridgehead atoms. The quantitative estimate of drug-likeness (QED) is 0.752. The number of hydrogen-bond acceptors (Lipinski definition) is 2. The first-order chi connectivity index (χ1) is 7.91. The number of carbonyl (C=O) groups excluding carboxylic acids is 1. The Morgan fingerprint density at radius 1 is 1.24 bits per heavy atom. The molecule has 1 saturated heterocycles. The number of amides is 1. The zero-order valence-corrected chi connectivity index (χ0v) is 12.1. The second kappa shape index (κ2) is 6.39. The van der Waals surface area contributed by atoms with E-state index < -0.39 is 0 Å². The molecule has 0 unspecified atom stereocenters. The normalized spacial score (nSPS) is 18.5. The summed E-state index contributed by atoms with van der Waals surface area (Å²) in [6, 6.07) is 0.616. The van der Waals surface area contributed by atoms with Gasteiger partial charge in [0.15, 0.2) is 0 Å². The van der Waals surface area contributed by atoms with Crippen LogP contribution >= 0.6 is 0 Å². The Kier molecular flexibility index (Phi) is 5.44. The van der Waals surface area contributed by atoms with Crippen molar-refractivity contribution in [2.24, 2.45) is 11.8 Å². The molecule has 100 valence electrons. The van der Waals surface area contributed by atoms with E-state index in [1.807, 2.05) is 18.7 Å². The Labute approximate surface area is 106 Å². The van der Waals surface area contributed by atoms with Crippen LogP contribution in [0.5, 0.6) is 0 Å². The lowest BCUT2D eigenvalue weighted by atomic mass is 9.95. The van der Waals surface area contributed by atoms with Crippen molar-refractivity contribution in [2.45, 2.75) is 46.6 Å². The van der Waals surface area contributed by atoms with Gasteiger partial charge in [-0.2, -0.15) is 0 Å². The van der Waals surface area contributed by atoms with E-state index in [2.05, 4.69) is 25.8 Å². The van der Waals surface area contributed by atoms with Crippen LogP contribution in [0.3, 0.4) is 0 Å². The van der Waals surface area contributed by atoms with Gasteiger partial charge in [-0.05, 0) is 39.7 Å². The minimum atomic E-state index is 0.143. The summed E-state index contributed by atoms with van der Waals surface area (Å²) in [5, 5.41) is 0. The van der Waals surface area contributed by atoms with Crippen LogP contribution in [-0.2, 0) is 4.79 Å². The van der Waals surface area contributed by atoms with Gasteiger partial charge in [0.2, 0.25) is 5.91 Å². The molecule has 1 heterocycles. The maximum absolute atomic E-state index is 11.9. The molecule has 0 aliphatic carbocycles. The van der Waals surface area contributed by atoms with Crippen molar-refractivity contribution in [3.05, 3.63) is 0 Å². The monoisotopic (exact) mass is 240 g/mol. The van der Waals surface area contributed by atoms with Crippen LogP contribution in [0.4, 0.5) is 0 Å². The predicted octanol–water partition coefficient (Wildman–Crippen LogP) is 2.22. The molecule has 1 amide bonds. The third-order valence-electron chi connectivity index (χ3n) is 3.85. The smallest absolute Gasteiger partial charge is 0.225 e. The summed E-state index contributed by atoms with van der Waals surface area (Å²) in [6.07, 6.45) is 2.32. The van der Waals surface area contributed by atoms with Gasteiger partial charge in [-0.1, -0.05) is 13.8 Å². The standard InChI is InChI=1S/C14H28N2O/c1-11(2)14(17)16-8-6-13(7-9-16)10-15(5)12(3)4/h11-13H,6-10H2,1-5H3. The van der Waals surface area contributed by atoms with Crippen LogP contribution in [-0.4, -0.2) is 48.4 Å². The Morgan fingerprint density at radius 2 is 1.76 bits per heavy atom. The van der Waals surface area contributed by atoms with Crippen molar-refractivity contribution in [3.63, 3.8) is 0 Å². The van der Waals surface area contributed by atoms with Gasteiger partial charge in [-0.25, -0.2) is 0 Å². The van der Waals surface area contributed by atoms with Crippen molar-refractivity contribution in [1.29, 1.82) is 0 Å². The molecule has 0 radical (unpaired) electrons. The third kappa shape index (κ3) is 4.30. The minimum Gasteiger partial charge on any atom is -0.342 e. The first-order valence-electron chi connectivity index (χ1n) is 6.90. The third-order valence-corrected chi connectivity index (χ3v) is 3.85. The zero-order valence-electron chi connectivity index (χ0n) is 12.1. The van der Waals surface area contributed by atoms with Gasteiger partial charge < -0.3 is 9.80 Å². The maximum atomic E-state index is 11.9. The number of carbonyl (C=O) groups is 1. The minimum absolute atomic E-state index is 0.143. The molecule has 0 aromatic rings. The second-order valence-corrected chi connectivity index (χ2v) is 5.96. The lowest BCUT2D eigenvalue weighted by Crippen LogP contribution is -2.43. The molecule has 0 spiro atoms. The zero-order chi connectivity index (χ0) is 13.0. The van der Waals surface area contributed by atoms with Crippen molar-refractivity contribution < 1.29 is 4.79 Å². The van der Waals surface area contributed by atoms with Crippen molar-refractivity contribution >= 4 is 5.91 Å². The number of likely N-dealkylation sites (tertiary alicyclic amines) is 1. The molecule has 3 nitrogen and oxygen atoms in total. The maximum Gasteiger partial charge on any atom is 0.225 e. The molecule has 0 saturated carbocycles. The molecule has 0 N–H and O–H groups in total. The van der Waals surface area contributed by atoms with Gasteiger partial charge in [0.05, 0.1) is 0 Å². The Hall–Kier alpha value is -0.570. The van der Waals surface area contributed by atoms with Crippen LogP contribution in [0.25, 0.3) is 0 Å². The molecule has 0 aromatic heterocycles. The van der Waals surface area contributed by atoms with Crippen molar-refractivity contribution in [1.82, 2.24) is 9.80 Å². The lowest BCUT2D eigenvalue weighted by Gasteiger charge is -2.35. The number of rotatable bonds is 4. The first kappa shape index (κ1) is 14.5. The first-order valence-corrected chi connectivity index (χ1v) is 6.90. The van der Waals surface area contributed by atoms with Crippen LogP contribution in [0.2, 0.25) is 0 Å². The lowest BCUT2D eigenvalue weighted by molar-refractivity contribution is -0.135. The molecule has 1 rings (SSSR count). The molecule has 0 atom stereocenters. The number of hydrogen-bond donors (Lipinski definition) is 0. The highest BCUT2D eigenvalue weighted by atomic mass is 16.2. The summed E-state index contributed by atoms with van der Waals surface area (Å²) in [5.41, 5.74) is 0. The summed E-state index contributed by atoms with van der Waals surface area (Å²) in [6.45, 7) is 11.5. The SMILES string of the molecule is CC(C)C(=O)N1CCC(CN(C)C(C)C)CC1. The fourth-order valence-electron chi connectivity index (χ4n) is 2.32. The topological polar surface area (TPSA) is 23.6 Å². The number of piperidine rings is 1. The molecule has 1 fully saturated rings. The predicted molar refractivity (Wildman–Crippen MR) is 71.9 cm³/mol. The van der Waals surface area contributed by atoms with Gasteiger partial charge in [-0.3, -0.25) is 4.79 Å². The summed E-state index contributed by atoms with van der Waals surface area (Å²) in [4.78, 5) is 16.3. The molecule has 1 aliphatic rings. The van der Waals surface area contributed by atoms with Gasteiger partial charge in [-0.15, -0.1) is 0 Å². The highest BCUT2D eigenvalue weighted by Gasteiger charge is 2.25. The fraction of sp³-hybridized carbons (Fsp3) is 0.929. The van der Waals surface area contributed by atoms with E-state index in [1.54, 1.807) is 0 Å². The summed E-state index contributed by atoms with van der Waals surface area (Å²) >= 11 is 0. The summed E-state index contributed by atoms with van der Waals surface area (Å²) in [7, 11) is 2.19. The average molecular weight is 240 g/mol. The molecule has 3 heteroatoms. The van der Waals surface area contributed by atoms with E-state index in [0.717, 1.165) is 31.8 Å². The Morgan fingerprint density at radius 3 is 2.18 bits per heavy atom. The molecule has 17 heavy (non-hydrogen) atoms. The number of nitrogens with zero attached hydrogens (tertiary/aromatic N) is 2. The van der Waals surface area contributed by atoms with Gasteiger partial charge in [0.1, 0.15) is 0 Å². The van der Waals surface area contributed by atoms with Crippen LogP contribution < -0.4 is 0 Å². The van der Waals surface area contributed by atoms with E-state index in [4.69, 9.17) is 0 Å². The van der Waals surface area contributed by atoms with E-state index >= 15 is 0 Å². The largest absolute Gasteiger partial charge is 0.342 e. The summed E-state index contributed by atoms with van der Waals surface area (Å²) in [5.74, 6) is 1.23. The molecule has 1 aliphatic heterocycles. The molecule has 0 aromatic carbocycles. The summed E-state index contributed by atoms with van der Waals surface area (Å²) < 4.78 is 0. The Balaban J connectivity index is 2.33. The van der Waals surface area contributed by atoms with Gasteiger partial charge >= 0.3 is 0 Å². The molecular formula is C14H28N2O. The average Bonchev–Trinajstić information content (AvgIpc) is 2.28. The van der Waals surface area contributed by atoms with E-state index in [1.165, 1.54) is 6.54 Å². The van der Waals surface area contributed by atoms with Gasteiger partial charge in [0.25, 0.3) is 0 Å². The fourth-order valence-corrected chi connectivity index (χ4v) is 2.32. The van der Waals surface area contributed by atoms with Crippen LogP contribution in [0.1, 0.15) is 40.5 Å².